The van der Waals surface area contributed by atoms with Crippen molar-refractivity contribution in [3.63, 3.8) is 0 Å². The van der Waals surface area contributed by atoms with E-state index in [1.54, 1.807) is 0 Å². The predicted octanol–water partition coefficient (Wildman–Crippen LogP) is -1.66. The van der Waals surface area contributed by atoms with Crippen LogP contribution in [0.1, 0.15) is 0 Å². The second-order valence-corrected chi connectivity index (χ2v) is 6.94. The summed E-state index contributed by atoms with van der Waals surface area (Å²) in [6.07, 6.45) is 0. The Morgan fingerprint density at radius 1 is 1.52 bits per heavy atom. The minimum Gasteiger partial charge on any atom is -0.477 e. The first-order valence-corrected chi connectivity index (χ1v) is 8.73. The van der Waals surface area contributed by atoms with Crippen LogP contribution >= 0.6 is 23.5 Å². The number of aliphatic hydroxyl groups is 1. The molecule has 2 aliphatic rings. The third kappa shape index (κ3) is 2.82. The number of tetrazole rings is 1. The molecule has 0 aliphatic carbocycles. The number of aliphatic carboxylic acids is 1. The van der Waals surface area contributed by atoms with Crippen LogP contribution in [0.5, 0.6) is 0 Å². The van der Waals surface area contributed by atoms with Crippen LogP contribution in [-0.4, -0.2) is 76.7 Å². The number of carbonyl (C=O) groups is 2. The highest BCUT2D eigenvalue weighted by molar-refractivity contribution is 8.01. The fraction of sp³-hybridized carbons (Fsp3) is 0.545. The smallest absolute Gasteiger partial charge is 0.352 e. The fourth-order valence-corrected chi connectivity index (χ4v) is 4.71. The van der Waals surface area contributed by atoms with E-state index in [2.05, 4.69) is 15.5 Å². The van der Waals surface area contributed by atoms with E-state index in [0.29, 0.717) is 22.2 Å². The summed E-state index contributed by atoms with van der Waals surface area (Å²) in [5.41, 5.74) is 6.34. The summed E-state index contributed by atoms with van der Waals surface area (Å²) >= 11 is 2.72. The lowest BCUT2D eigenvalue weighted by atomic mass is 10.0. The van der Waals surface area contributed by atoms with Gasteiger partial charge < -0.3 is 15.9 Å². The topological polar surface area (TPSA) is 147 Å². The van der Waals surface area contributed by atoms with Gasteiger partial charge in [0.1, 0.15) is 17.1 Å². The molecular formula is C11H14N6O4S2. The SMILES string of the molecule is NC1C(=O)N2C(C(=O)O)=C(CSc3nnnn3CCO)CS[C@H]12. The molecule has 0 spiro atoms. The zero-order valence-corrected chi connectivity index (χ0v) is 13.5. The molecule has 23 heavy (non-hydrogen) atoms. The largest absolute Gasteiger partial charge is 0.477 e. The van der Waals surface area contributed by atoms with Crippen LogP contribution in [0.15, 0.2) is 16.4 Å². The minimum absolute atomic E-state index is 0.00846. The van der Waals surface area contributed by atoms with Crippen LogP contribution in [0.25, 0.3) is 0 Å². The Balaban J connectivity index is 1.78. The second kappa shape index (κ2) is 6.47. The number of hydrogen-bond acceptors (Lipinski definition) is 9. The number of hydrogen-bond donors (Lipinski definition) is 3. The van der Waals surface area contributed by atoms with Crippen molar-refractivity contribution in [2.45, 2.75) is 23.1 Å². The average Bonchev–Trinajstić information content (AvgIpc) is 2.98. The summed E-state index contributed by atoms with van der Waals surface area (Å²) in [5.74, 6) is -0.682. The van der Waals surface area contributed by atoms with Gasteiger partial charge in [-0.1, -0.05) is 11.8 Å². The normalized spacial score (nSPS) is 23.7. The lowest BCUT2D eigenvalue weighted by Gasteiger charge is -2.48. The van der Waals surface area contributed by atoms with Crippen molar-refractivity contribution in [3.05, 3.63) is 11.3 Å². The molecule has 10 nitrogen and oxygen atoms in total. The molecule has 4 N–H and O–H groups in total. The van der Waals surface area contributed by atoms with Crippen LogP contribution in [-0.2, 0) is 16.1 Å². The molecule has 2 atom stereocenters. The molecule has 1 amide bonds. The first kappa shape index (κ1) is 16.2. The number of carboxylic acid groups (broad SMARTS) is 1. The standard InChI is InChI=1S/C11H14N6O4S2/c12-6-8(19)17-7(10(20)21)5(3-22-9(6)17)4-23-11-13-14-15-16(11)1-2-18/h6,9,18H,1-4,12H2,(H,20,21)/t6?,9-/m1/s1. The number of thioether (sulfide) groups is 2. The van der Waals surface area contributed by atoms with Crippen LogP contribution < -0.4 is 5.73 Å². The molecule has 124 valence electrons. The fourth-order valence-electron chi connectivity index (χ4n) is 2.38. The summed E-state index contributed by atoms with van der Waals surface area (Å²) in [7, 11) is 0. The monoisotopic (exact) mass is 358 g/mol. The highest BCUT2D eigenvalue weighted by Crippen LogP contribution is 2.40. The zero-order valence-electron chi connectivity index (χ0n) is 11.8. The average molecular weight is 358 g/mol. The van der Waals surface area contributed by atoms with Crippen molar-refractivity contribution in [2.75, 3.05) is 18.1 Å². The van der Waals surface area contributed by atoms with Crippen LogP contribution in [0.4, 0.5) is 0 Å². The van der Waals surface area contributed by atoms with Crippen LogP contribution in [0, 0.1) is 0 Å². The molecule has 3 heterocycles. The molecule has 0 aromatic carbocycles. The zero-order chi connectivity index (χ0) is 16.6. The van der Waals surface area contributed by atoms with Gasteiger partial charge in [0.25, 0.3) is 0 Å². The first-order valence-electron chi connectivity index (χ1n) is 6.70. The molecular weight excluding hydrogens is 344 g/mol. The number of fused-ring (bicyclic) bond motifs is 1. The quantitative estimate of drug-likeness (QED) is 0.398. The van der Waals surface area contributed by atoms with Gasteiger partial charge in [-0.25, -0.2) is 9.48 Å². The lowest BCUT2D eigenvalue weighted by Crippen LogP contribution is -2.68. The summed E-state index contributed by atoms with van der Waals surface area (Å²) in [4.78, 5) is 24.7. The van der Waals surface area contributed by atoms with Gasteiger partial charge in [0.05, 0.1) is 13.2 Å². The highest BCUT2D eigenvalue weighted by atomic mass is 32.2. The molecule has 12 heteroatoms. The number of nitrogens with two attached hydrogens (primary N) is 1. The number of aliphatic hydroxyl groups excluding tert-OH is 1. The van der Waals surface area contributed by atoms with Crippen LogP contribution in [0.2, 0.25) is 0 Å². The van der Waals surface area contributed by atoms with Crippen LogP contribution in [0.3, 0.4) is 0 Å². The maximum atomic E-state index is 11.8. The van der Waals surface area contributed by atoms with E-state index in [0.717, 1.165) is 0 Å². The van der Waals surface area contributed by atoms with E-state index in [-0.39, 0.29) is 30.1 Å². The van der Waals surface area contributed by atoms with E-state index in [4.69, 9.17) is 10.8 Å². The van der Waals surface area contributed by atoms with Crippen molar-refractivity contribution >= 4 is 35.4 Å². The number of aromatic nitrogens is 4. The maximum Gasteiger partial charge on any atom is 0.352 e. The van der Waals surface area contributed by atoms with Gasteiger partial charge in [-0.15, -0.1) is 16.9 Å². The van der Waals surface area contributed by atoms with E-state index < -0.39 is 12.0 Å². The van der Waals surface area contributed by atoms with Gasteiger partial charge in [-0.2, -0.15) is 0 Å². The number of rotatable bonds is 6. The minimum atomic E-state index is -1.14. The molecule has 0 radical (unpaired) electrons. The number of carbonyl (C=O) groups excluding carboxylic acids is 1. The van der Waals surface area contributed by atoms with E-state index in [9.17, 15) is 14.7 Å². The third-order valence-corrected chi connectivity index (χ3v) is 5.88. The van der Waals surface area contributed by atoms with Gasteiger partial charge in [-0.05, 0) is 16.0 Å². The molecule has 1 aromatic rings. The highest BCUT2D eigenvalue weighted by Gasteiger charge is 2.51. The maximum absolute atomic E-state index is 11.8. The third-order valence-electron chi connectivity index (χ3n) is 3.48. The molecule has 1 aromatic heterocycles. The predicted molar refractivity (Wildman–Crippen MR) is 81.4 cm³/mol. The molecule has 1 fully saturated rings. The van der Waals surface area contributed by atoms with E-state index in [1.807, 2.05) is 0 Å². The molecule has 1 saturated heterocycles. The van der Waals surface area contributed by atoms with E-state index >= 15 is 0 Å². The second-order valence-electron chi connectivity index (χ2n) is 4.89. The van der Waals surface area contributed by atoms with Gasteiger partial charge >= 0.3 is 5.97 Å². The Bertz CT molecular complexity index is 677. The number of amides is 1. The molecule has 0 saturated carbocycles. The van der Waals surface area contributed by atoms with Gasteiger partial charge in [0.15, 0.2) is 0 Å². The molecule has 1 unspecified atom stereocenters. The summed E-state index contributed by atoms with van der Waals surface area (Å²) < 4.78 is 1.44. The summed E-state index contributed by atoms with van der Waals surface area (Å²) in [6, 6.07) is -0.639. The first-order chi connectivity index (χ1) is 11.0. The Morgan fingerprint density at radius 2 is 2.30 bits per heavy atom. The summed E-state index contributed by atoms with van der Waals surface area (Å²) in [5, 5.41) is 29.7. The van der Waals surface area contributed by atoms with Crippen molar-refractivity contribution < 1.29 is 19.8 Å². The Kier molecular flexibility index (Phi) is 4.57. The lowest BCUT2D eigenvalue weighted by molar-refractivity contribution is -0.147. The number of nitrogens with zero attached hydrogens (tertiary/aromatic N) is 5. The summed E-state index contributed by atoms with van der Waals surface area (Å²) in [6.45, 7) is 0.163. The molecule has 2 aliphatic heterocycles. The Labute approximate surface area is 139 Å². The Hall–Kier alpha value is -1.63. The van der Waals surface area contributed by atoms with Crippen molar-refractivity contribution in [1.82, 2.24) is 25.1 Å². The van der Waals surface area contributed by atoms with Crippen molar-refractivity contribution in [3.8, 4) is 0 Å². The number of β-lactam (4-membered cyclic amide) rings is 1. The van der Waals surface area contributed by atoms with Gasteiger partial charge in [-0.3, -0.25) is 9.69 Å². The van der Waals surface area contributed by atoms with Gasteiger partial charge in [0.2, 0.25) is 11.1 Å². The van der Waals surface area contributed by atoms with Crippen molar-refractivity contribution in [1.29, 1.82) is 0 Å². The molecule has 0 bridgehead atoms. The number of carboxylic acids is 1. The van der Waals surface area contributed by atoms with Crippen molar-refractivity contribution in [2.24, 2.45) is 5.73 Å². The Morgan fingerprint density at radius 3 is 3.00 bits per heavy atom. The van der Waals surface area contributed by atoms with E-state index in [1.165, 1.54) is 33.1 Å². The molecule has 3 rings (SSSR count). The van der Waals surface area contributed by atoms with Gasteiger partial charge in [0, 0.05) is 11.5 Å².